The molecule has 0 atom stereocenters. The van der Waals surface area contributed by atoms with Crippen LogP contribution in [0.1, 0.15) is 32.8 Å². The fraction of sp³-hybridized carbons (Fsp3) is 0.588. The van der Waals surface area contributed by atoms with Gasteiger partial charge in [-0.1, -0.05) is 6.07 Å². The van der Waals surface area contributed by atoms with Gasteiger partial charge in [-0.15, -0.1) is 0 Å². The molecular weight excluding hydrogens is 280 g/mol. The van der Waals surface area contributed by atoms with Crippen molar-refractivity contribution in [1.29, 1.82) is 0 Å². The summed E-state index contributed by atoms with van der Waals surface area (Å²) in [7, 11) is 4.06. The summed E-state index contributed by atoms with van der Waals surface area (Å²) in [5, 5.41) is 2.76. The van der Waals surface area contributed by atoms with Crippen LogP contribution in [0.25, 0.3) is 0 Å². The van der Waals surface area contributed by atoms with Crippen molar-refractivity contribution in [2.75, 3.05) is 32.6 Å². The number of carbonyl (C=O) groups excluding carboxylic acids is 1. The van der Waals surface area contributed by atoms with Gasteiger partial charge >= 0.3 is 6.09 Å². The van der Waals surface area contributed by atoms with Crippen molar-refractivity contribution >= 4 is 11.8 Å². The molecule has 0 saturated carbocycles. The van der Waals surface area contributed by atoms with Gasteiger partial charge in [-0.25, -0.2) is 4.79 Å². The first-order chi connectivity index (χ1) is 10.2. The van der Waals surface area contributed by atoms with Crippen LogP contribution in [0.4, 0.5) is 10.5 Å². The van der Waals surface area contributed by atoms with E-state index in [1.54, 1.807) is 0 Å². The lowest BCUT2D eigenvalue weighted by atomic mass is 10.2. The number of nitrogens with zero attached hydrogens (tertiary/aromatic N) is 1. The zero-order valence-corrected chi connectivity index (χ0v) is 14.5. The minimum atomic E-state index is -0.527. The molecule has 5 nitrogen and oxygen atoms in total. The van der Waals surface area contributed by atoms with E-state index < -0.39 is 11.7 Å². The summed E-state index contributed by atoms with van der Waals surface area (Å²) in [5.41, 5.74) is 1.16. The van der Waals surface area contributed by atoms with E-state index in [1.165, 1.54) is 0 Å². The van der Waals surface area contributed by atoms with Crippen molar-refractivity contribution in [1.82, 2.24) is 4.90 Å². The Morgan fingerprint density at radius 2 is 1.95 bits per heavy atom. The number of ether oxygens (including phenoxy) is 2. The molecule has 0 fully saturated rings. The van der Waals surface area contributed by atoms with Gasteiger partial charge in [-0.05, 0) is 65.9 Å². The van der Waals surface area contributed by atoms with E-state index in [2.05, 4.69) is 10.2 Å². The van der Waals surface area contributed by atoms with Gasteiger partial charge in [-0.2, -0.15) is 0 Å². The van der Waals surface area contributed by atoms with Crippen LogP contribution in [0.15, 0.2) is 18.2 Å². The standard InChI is InChI=1S/C17H28N2O3/c1-13-8-9-15(21-11-7-10-19(5)6)14(12-13)18-16(20)22-17(2,3)4/h8-9,12H,7,10-11H2,1-6H3,(H,18,20). The number of carbonyl (C=O) groups is 1. The minimum absolute atomic E-state index is 0.476. The molecule has 0 unspecified atom stereocenters. The summed E-state index contributed by atoms with van der Waals surface area (Å²) >= 11 is 0. The zero-order chi connectivity index (χ0) is 16.8. The number of anilines is 1. The van der Waals surface area contributed by atoms with Crippen molar-refractivity contribution in [3.05, 3.63) is 23.8 Å². The molecule has 0 aliphatic rings. The molecule has 1 aromatic carbocycles. The quantitative estimate of drug-likeness (QED) is 0.815. The molecule has 0 saturated heterocycles. The SMILES string of the molecule is Cc1ccc(OCCCN(C)C)c(NC(=O)OC(C)(C)C)c1. The van der Waals surface area contributed by atoms with Gasteiger partial charge < -0.3 is 14.4 Å². The highest BCUT2D eigenvalue weighted by atomic mass is 16.6. The average Bonchev–Trinajstić information content (AvgIpc) is 2.34. The number of hydrogen-bond donors (Lipinski definition) is 1. The van der Waals surface area contributed by atoms with Crippen molar-refractivity contribution in [3.63, 3.8) is 0 Å². The zero-order valence-electron chi connectivity index (χ0n) is 14.5. The monoisotopic (exact) mass is 308 g/mol. The summed E-state index contributed by atoms with van der Waals surface area (Å²) in [6, 6.07) is 5.71. The highest BCUT2D eigenvalue weighted by Crippen LogP contribution is 2.26. The molecule has 0 bridgehead atoms. The Morgan fingerprint density at radius 3 is 2.55 bits per heavy atom. The molecule has 0 heterocycles. The van der Waals surface area contributed by atoms with Crippen LogP contribution in [0.3, 0.4) is 0 Å². The van der Waals surface area contributed by atoms with Crippen molar-refractivity contribution in [3.8, 4) is 5.75 Å². The first-order valence-corrected chi connectivity index (χ1v) is 7.55. The normalized spacial score (nSPS) is 11.4. The minimum Gasteiger partial charge on any atom is -0.491 e. The topological polar surface area (TPSA) is 50.8 Å². The predicted molar refractivity (Wildman–Crippen MR) is 89.7 cm³/mol. The lowest BCUT2D eigenvalue weighted by molar-refractivity contribution is 0.0635. The van der Waals surface area contributed by atoms with Gasteiger partial charge in [0.15, 0.2) is 0 Å². The number of amides is 1. The van der Waals surface area contributed by atoms with Gasteiger partial charge in [0.05, 0.1) is 12.3 Å². The Hall–Kier alpha value is -1.75. The van der Waals surface area contributed by atoms with Crippen LogP contribution < -0.4 is 10.1 Å². The van der Waals surface area contributed by atoms with Crippen molar-refractivity contribution < 1.29 is 14.3 Å². The van der Waals surface area contributed by atoms with E-state index in [0.29, 0.717) is 18.0 Å². The largest absolute Gasteiger partial charge is 0.491 e. The fourth-order valence-corrected chi connectivity index (χ4v) is 1.84. The first kappa shape index (κ1) is 18.3. The van der Waals surface area contributed by atoms with E-state index in [-0.39, 0.29) is 0 Å². The highest BCUT2D eigenvalue weighted by molar-refractivity contribution is 5.87. The Bertz CT molecular complexity index is 493. The van der Waals surface area contributed by atoms with Crippen LogP contribution >= 0.6 is 0 Å². The lowest BCUT2D eigenvalue weighted by Gasteiger charge is -2.20. The second-order valence-electron chi connectivity index (χ2n) is 6.63. The Balaban J connectivity index is 2.68. The maximum absolute atomic E-state index is 11.9. The molecule has 5 heteroatoms. The molecule has 124 valence electrons. The van der Waals surface area contributed by atoms with Gasteiger partial charge in [-0.3, -0.25) is 5.32 Å². The first-order valence-electron chi connectivity index (χ1n) is 7.55. The second kappa shape index (κ2) is 8.03. The molecule has 0 aliphatic carbocycles. The second-order valence-corrected chi connectivity index (χ2v) is 6.63. The Kier molecular flexibility index (Phi) is 6.68. The van der Waals surface area contributed by atoms with Gasteiger partial charge in [0, 0.05) is 6.54 Å². The lowest BCUT2D eigenvalue weighted by Crippen LogP contribution is -2.27. The summed E-state index contributed by atoms with van der Waals surface area (Å²) in [5.74, 6) is 0.662. The number of nitrogens with one attached hydrogen (secondary N) is 1. The van der Waals surface area contributed by atoms with Crippen LogP contribution in [-0.4, -0.2) is 43.8 Å². The number of rotatable bonds is 6. The molecule has 1 N–H and O–H groups in total. The number of hydrogen-bond acceptors (Lipinski definition) is 4. The smallest absolute Gasteiger partial charge is 0.412 e. The molecule has 1 aromatic rings. The Labute approximate surface area is 133 Å². The molecule has 1 amide bonds. The van der Waals surface area contributed by atoms with E-state index in [4.69, 9.17) is 9.47 Å². The van der Waals surface area contributed by atoms with Crippen LogP contribution in [0, 0.1) is 6.92 Å². The van der Waals surface area contributed by atoms with Gasteiger partial charge in [0.1, 0.15) is 11.4 Å². The third-order valence-electron chi connectivity index (χ3n) is 2.78. The molecule has 0 aromatic heterocycles. The fourth-order valence-electron chi connectivity index (χ4n) is 1.84. The van der Waals surface area contributed by atoms with Crippen molar-refractivity contribution in [2.24, 2.45) is 0 Å². The molecular formula is C17H28N2O3. The van der Waals surface area contributed by atoms with Crippen LogP contribution in [-0.2, 0) is 4.74 Å². The highest BCUT2D eigenvalue weighted by Gasteiger charge is 2.17. The third-order valence-corrected chi connectivity index (χ3v) is 2.78. The van der Waals surface area contributed by atoms with E-state index in [1.807, 2.05) is 60.0 Å². The summed E-state index contributed by atoms with van der Waals surface area (Å²) in [6.07, 6.45) is 0.448. The summed E-state index contributed by atoms with van der Waals surface area (Å²) < 4.78 is 11.1. The van der Waals surface area contributed by atoms with Gasteiger partial charge in [0.2, 0.25) is 0 Å². The number of aryl methyl sites for hydroxylation is 1. The van der Waals surface area contributed by atoms with Crippen LogP contribution in [0.2, 0.25) is 0 Å². The average molecular weight is 308 g/mol. The molecule has 0 spiro atoms. The molecule has 22 heavy (non-hydrogen) atoms. The Morgan fingerprint density at radius 1 is 1.27 bits per heavy atom. The summed E-state index contributed by atoms with van der Waals surface area (Å²) in [4.78, 5) is 14.0. The maximum Gasteiger partial charge on any atom is 0.412 e. The molecule has 0 aliphatic heterocycles. The van der Waals surface area contributed by atoms with Crippen LogP contribution in [0.5, 0.6) is 5.75 Å². The van der Waals surface area contributed by atoms with Gasteiger partial charge in [0.25, 0.3) is 0 Å². The maximum atomic E-state index is 11.9. The van der Waals surface area contributed by atoms with E-state index in [9.17, 15) is 4.79 Å². The van der Waals surface area contributed by atoms with E-state index in [0.717, 1.165) is 18.5 Å². The summed E-state index contributed by atoms with van der Waals surface area (Å²) in [6.45, 7) is 9.03. The third kappa shape index (κ3) is 7.31. The number of benzene rings is 1. The molecule has 1 rings (SSSR count). The molecule has 0 radical (unpaired) electrons. The predicted octanol–water partition coefficient (Wildman–Crippen LogP) is 3.67. The van der Waals surface area contributed by atoms with Crippen molar-refractivity contribution in [2.45, 2.75) is 39.7 Å². The van der Waals surface area contributed by atoms with E-state index >= 15 is 0 Å².